The van der Waals surface area contributed by atoms with Crippen LogP contribution in [0, 0.1) is 10.1 Å². The van der Waals surface area contributed by atoms with Crippen molar-refractivity contribution >= 4 is 28.5 Å². The number of nitrogens with one attached hydrogen (secondary N) is 2. The molecule has 3 N–H and O–H groups in total. The number of hydrogen-bond acceptors (Lipinski definition) is 4. The van der Waals surface area contributed by atoms with Gasteiger partial charge in [-0.25, -0.2) is 0 Å². The molecule has 0 aliphatic rings. The van der Waals surface area contributed by atoms with E-state index in [0.717, 1.165) is 19.3 Å². The van der Waals surface area contributed by atoms with Gasteiger partial charge in [0.2, 0.25) is 0 Å². The first-order chi connectivity index (χ1) is 11.5. The Morgan fingerprint density at radius 2 is 1.96 bits per heavy atom. The zero-order valence-electron chi connectivity index (χ0n) is 13.1. The van der Waals surface area contributed by atoms with Crippen LogP contribution in [-0.4, -0.2) is 33.4 Å². The third-order valence-corrected chi connectivity index (χ3v) is 3.72. The highest BCUT2D eigenvalue weighted by molar-refractivity contribution is 6.07. The van der Waals surface area contributed by atoms with E-state index in [1.54, 1.807) is 6.07 Å². The molecule has 0 atom stereocenters. The van der Waals surface area contributed by atoms with E-state index < -0.39 is 10.9 Å². The molecule has 1 aromatic carbocycles. The van der Waals surface area contributed by atoms with Crippen molar-refractivity contribution in [1.82, 2.24) is 10.3 Å². The summed E-state index contributed by atoms with van der Waals surface area (Å²) in [6, 6.07) is 4.34. The Balaban J connectivity index is 1.86. The summed E-state index contributed by atoms with van der Waals surface area (Å²) in [5.74, 6) is -1.08. The standard InChI is InChI=1S/C16H19N3O5/c20-15(21)5-3-1-2-4-8-17-16(22)13-10-18-14-7-6-11(19(23)24)9-12(13)14/h6-7,9-10,18H,1-5,8H2,(H,17,22)(H,20,21). The number of carboxylic acids is 1. The number of carboxylic acid groups (broad SMARTS) is 1. The predicted molar refractivity (Wildman–Crippen MR) is 88.0 cm³/mol. The predicted octanol–water partition coefficient (Wildman–Crippen LogP) is 2.84. The third-order valence-electron chi connectivity index (χ3n) is 3.72. The summed E-state index contributed by atoms with van der Waals surface area (Å²) >= 11 is 0. The molecule has 0 aliphatic heterocycles. The first-order valence-corrected chi connectivity index (χ1v) is 7.74. The molecule has 0 saturated heterocycles. The fourth-order valence-electron chi connectivity index (χ4n) is 2.46. The number of nitro benzene ring substituents is 1. The molecule has 0 bridgehead atoms. The zero-order valence-corrected chi connectivity index (χ0v) is 13.1. The summed E-state index contributed by atoms with van der Waals surface area (Å²) in [4.78, 5) is 35.9. The second-order valence-electron chi connectivity index (χ2n) is 5.50. The number of unbranched alkanes of at least 4 members (excludes halogenated alkanes) is 3. The van der Waals surface area contributed by atoms with E-state index in [2.05, 4.69) is 10.3 Å². The number of benzene rings is 1. The lowest BCUT2D eigenvalue weighted by atomic mass is 10.1. The average Bonchev–Trinajstić information content (AvgIpc) is 2.96. The minimum Gasteiger partial charge on any atom is -0.481 e. The van der Waals surface area contributed by atoms with Crippen LogP contribution in [0.4, 0.5) is 5.69 Å². The molecule has 128 valence electrons. The second kappa shape index (κ2) is 8.09. The Morgan fingerprint density at radius 3 is 2.67 bits per heavy atom. The quantitative estimate of drug-likeness (QED) is 0.369. The van der Waals surface area contributed by atoms with Crippen molar-refractivity contribution in [3.8, 4) is 0 Å². The van der Waals surface area contributed by atoms with E-state index in [-0.39, 0.29) is 18.0 Å². The molecular formula is C16H19N3O5. The summed E-state index contributed by atoms with van der Waals surface area (Å²) in [6.07, 6.45) is 4.74. The van der Waals surface area contributed by atoms with Crippen LogP contribution < -0.4 is 5.32 Å². The molecule has 0 aliphatic carbocycles. The molecule has 2 aromatic rings. The van der Waals surface area contributed by atoms with Gasteiger partial charge in [-0.15, -0.1) is 0 Å². The van der Waals surface area contributed by atoms with Crippen LogP contribution in [0.15, 0.2) is 24.4 Å². The second-order valence-corrected chi connectivity index (χ2v) is 5.50. The van der Waals surface area contributed by atoms with E-state index in [4.69, 9.17) is 5.11 Å². The lowest BCUT2D eigenvalue weighted by Crippen LogP contribution is -2.24. The van der Waals surface area contributed by atoms with Gasteiger partial charge in [-0.3, -0.25) is 19.7 Å². The SMILES string of the molecule is O=C(O)CCCCCCNC(=O)c1c[nH]c2ccc([N+](=O)[O-])cc12. The number of aliphatic carboxylic acids is 1. The molecule has 2 rings (SSSR count). The van der Waals surface area contributed by atoms with Gasteiger partial charge >= 0.3 is 5.97 Å². The number of non-ortho nitro benzene ring substituents is 1. The van der Waals surface area contributed by atoms with Gasteiger partial charge < -0.3 is 15.4 Å². The van der Waals surface area contributed by atoms with Crippen LogP contribution in [0.3, 0.4) is 0 Å². The molecule has 0 fully saturated rings. The highest BCUT2D eigenvalue weighted by atomic mass is 16.6. The highest BCUT2D eigenvalue weighted by Gasteiger charge is 2.15. The number of H-pyrrole nitrogens is 1. The Hall–Kier alpha value is -2.90. The van der Waals surface area contributed by atoms with Gasteiger partial charge in [0.25, 0.3) is 11.6 Å². The lowest BCUT2D eigenvalue weighted by molar-refractivity contribution is -0.384. The zero-order chi connectivity index (χ0) is 17.5. The van der Waals surface area contributed by atoms with Crippen LogP contribution in [0.2, 0.25) is 0 Å². The molecule has 24 heavy (non-hydrogen) atoms. The normalized spacial score (nSPS) is 10.7. The molecular weight excluding hydrogens is 314 g/mol. The van der Waals surface area contributed by atoms with Crippen LogP contribution >= 0.6 is 0 Å². The van der Waals surface area contributed by atoms with Crippen LogP contribution in [0.5, 0.6) is 0 Å². The fraction of sp³-hybridized carbons (Fsp3) is 0.375. The van der Waals surface area contributed by atoms with Crippen molar-refractivity contribution in [3.05, 3.63) is 40.1 Å². The summed E-state index contributed by atoms with van der Waals surface area (Å²) in [6.45, 7) is 0.480. The van der Waals surface area contributed by atoms with Crippen LogP contribution in [0.1, 0.15) is 42.5 Å². The molecule has 0 spiro atoms. The molecule has 0 saturated carbocycles. The summed E-state index contributed by atoms with van der Waals surface area (Å²) in [7, 11) is 0. The average molecular weight is 333 g/mol. The number of carbonyl (C=O) groups excluding carboxylic acids is 1. The van der Waals surface area contributed by atoms with Gasteiger partial charge in [0, 0.05) is 42.2 Å². The number of fused-ring (bicyclic) bond motifs is 1. The van der Waals surface area contributed by atoms with Gasteiger partial charge in [-0.05, 0) is 18.9 Å². The Labute approximate surface area is 138 Å². The molecule has 1 heterocycles. The van der Waals surface area contributed by atoms with Crippen molar-refractivity contribution < 1.29 is 19.6 Å². The number of aromatic amines is 1. The number of hydrogen-bond donors (Lipinski definition) is 3. The topological polar surface area (TPSA) is 125 Å². The van der Waals surface area contributed by atoms with Crippen molar-refractivity contribution in [3.63, 3.8) is 0 Å². The van der Waals surface area contributed by atoms with E-state index in [9.17, 15) is 19.7 Å². The van der Waals surface area contributed by atoms with Crippen molar-refractivity contribution in [1.29, 1.82) is 0 Å². The van der Waals surface area contributed by atoms with E-state index >= 15 is 0 Å². The van der Waals surface area contributed by atoms with Gasteiger partial charge in [-0.2, -0.15) is 0 Å². The first-order valence-electron chi connectivity index (χ1n) is 7.74. The van der Waals surface area contributed by atoms with Gasteiger partial charge in [-0.1, -0.05) is 12.8 Å². The highest BCUT2D eigenvalue weighted by Crippen LogP contribution is 2.23. The number of rotatable bonds is 9. The van der Waals surface area contributed by atoms with Crippen LogP contribution in [0.25, 0.3) is 10.9 Å². The van der Waals surface area contributed by atoms with Crippen molar-refractivity contribution in [2.24, 2.45) is 0 Å². The minimum absolute atomic E-state index is 0.0606. The monoisotopic (exact) mass is 333 g/mol. The lowest BCUT2D eigenvalue weighted by Gasteiger charge is -2.04. The van der Waals surface area contributed by atoms with Crippen molar-refractivity contribution in [2.45, 2.75) is 32.1 Å². The van der Waals surface area contributed by atoms with E-state index in [1.165, 1.54) is 18.3 Å². The Kier molecular flexibility index (Phi) is 5.89. The van der Waals surface area contributed by atoms with Gasteiger partial charge in [0.1, 0.15) is 0 Å². The number of nitro groups is 1. The Bertz CT molecular complexity index is 753. The number of carbonyl (C=O) groups is 2. The molecule has 1 aromatic heterocycles. The van der Waals surface area contributed by atoms with Crippen molar-refractivity contribution in [2.75, 3.05) is 6.54 Å². The largest absolute Gasteiger partial charge is 0.481 e. The van der Waals surface area contributed by atoms with E-state index in [1.807, 2.05) is 0 Å². The molecule has 0 radical (unpaired) electrons. The van der Waals surface area contributed by atoms with Crippen LogP contribution in [-0.2, 0) is 4.79 Å². The molecule has 8 heteroatoms. The number of aromatic nitrogens is 1. The van der Waals surface area contributed by atoms with Gasteiger partial charge in [0.05, 0.1) is 10.5 Å². The molecule has 8 nitrogen and oxygen atoms in total. The molecule has 1 amide bonds. The Morgan fingerprint density at radius 1 is 1.21 bits per heavy atom. The fourth-order valence-corrected chi connectivity index (χ4v) is 2.46. The molecule has 0 unspecified atom stereocenters. The number of amides is 1. The number of nitrogens with zero attached hydrogens (tertiary/aromatic N) is 1. The maximum Gasteiger partial charge on any atom is 0.303 e. The minimum atomic E-state index is -0.795. The van der Waals surface area contributed by atoms with E-state index in [0.29, 0.717) is 29.4 Å². The maximum atomic E-state index is 12.2. The van der Waals surface area contributed by atoms with Gasteiger partial charge in [0.15, 0.2) is 0 Å². The maximum absolute atomic E-state index is 12.2. The third kappa shape index (κ3) is 4.55. The first kappa shape index (κ1) is 17.5. The summed E-state index contributed by atoms with van der Waals surface area (Å²) in [5.41, 5.74) is 0.980. The summed E-state index contributed by atoms with van der Waals surface area (Å²) < 4.78 is 0. The summed E-state index contributed by atoms with van der Waals surface area (Å²) in [5, 5.41) is 22.7. The smallest absolute Gasteiger partial charge is 0.303 e.